The Bertz CT molecular complexity index is 1970. The van der Waals surface area contributed by atoms with Gasteiger partial charge in [-0.2, -0.15) is 0 Å². The first kappa shape index (κ1) is 21.3. The van der Waals surface area contributed by atoms with Gasteiger partial charge in [0.05, 0.1) is 17.1 Å². The van der Waals surface area contributed by atoms with Crippen molar-refractivity contribution in [3.63, 3.8) is 0 Å². The SMILES string of the molecule is C1=CN(c2nc(-c3ccccc3)cc(-c3ccccc3)n2)c2cccc3cc4sc5ccccc5c4c1c23. The number of benzene rings is 5. The van der Waals surface area contributed by atoms with E-state index in [1.807, 2.05) is 47.7 Å². The summed E-state index contributed by atoms with van der Waals surface area (Å²) in [5.74, 6) is 0.662. The van der Waals surface area contributed by atoms with Gasteiger partial charge in [0.1, 0.15) is 0 Å². The van der Waals surface area contributed by atoms with E-state index in [1.54, 1.807) is 0 Å². The minimum atomic E-state index is 0.662. The fraction of sp³-hybridized carbons (Fsp3) is 0. The van der Waals surface area contributed by atoms with Gasteiger partial charge in [-0.05, 0) is 41.3 Å². The summed E-state index contributed by atoms with van der Waals surface area (Å²) in [5, 5.41) is 5.10. The van der Waals surface area contributed by atoms with Crippen LogP contribution in [-0.4, -0.2) is 9.97 Å². The number of rotatable bonds is 3. The summed E-state index contributed by atoms with van der Waals surface area (Å²) < 4.78 is 2.63. The summed E-state index contributed by atoms with van der Waals surface area (Å²) in [6.07, 6.45) is 4.36. The predicted molar refractivity (Wildman–Crippen MR) is 161 cm³/mol. The van der Waals surface area contributed by atoms with E-state index in [1.165, 1.54) is 36.5 Å². The molecule has 0 aliphatic carbocycles. The Hall–Kier alpha value is -4.80. The Kier molecular flexibility index (Phi) is 4.69. The van der Waals surface area contributed by atoms with Gasteiger partial charge in [0.25, 0.3) is 0 Å². The Labute approximate surface area is 224 Å². The third-order valence-corrected chi connectivity index (χ3v) is 8.36. The molecule has 0 spiro atoms. The minimum absolute atomic E-state index is 0.662. The van der Waals surface area contributed by atoms with Gasteiger partial charge in [-0.1, -0.05) is 91.0 Å². The van der Waals surface area contributed by atoms with E-state index in [4.69, 9.17) is 9.97 Å². The molecule has 5 aromatic carbocycles. The average molecular weight is 504 g/mol. The van der Waals surface area contributed by atoms with Crippen LogP contribution < -0.4 is 4.90 Å². The van der Waals surface area contributed by atoms with Crippen LogP contribution in [0.25, 0.3) is 59.5 Å². The highest BCUT2D eigenvalue weighted by atomic mass is 32.1. The van der Waals surface area contributed by atoms with Crippen molar-refractivity contribution in [2.24, 2.45) is 0 Å². The molecule has 1 aliphatic heterocycles. The first-order chi connectivity index (χ1) is 18.8. The van der Waals surface area contributed by atoms with Gasteiger partial charge >= 0.3 is 0 Å². The quantitative estimate of drug-likeness (QED) is 0.240. The van der Waals surface area contributed by atoms with Crippen LogP contribution in [0.3, 0.4) is 0 Å². The number of thiophene rings is 1. The zero-order chi connectivity index (χ0) is 25.1. The summed E-state index contributed by atoms with van der Waals surface area (Å²) in [6.45, 7) is 0. The van der Waals surface area contributed by atoms with Crippen LogP contribution in [0.15, 0.2) is 121 Å². The maximum Gasteiger partial charge on any atom is 0.235 e. The topological polar surface area (TPSA) is 29.0 Å². The second-order valence-corrected chi connectivity index (χ2v) is 10.6. The van der Waals surface area contributed by atoms with Gasteiger partial charge in [-0.25, -0.2) is 9.97 Å². The van der Waals surface area contributed by atoms with Gasteiger partial charge in [-0.15, -0.1) is 11.3 Å². The van der Waals surface area contributed by atoms with Crippen molar-refractivity contribution in [1.29, 1.82) is 0 Å². The zero-order valence-electron chi connectivity index (χ0n) is 20.4. The molecule has 8 rings (SSSR count). The molecule has 0 unspecified atom stereocenters. The number of hydrogen-bond donors (Lipinski definition) is 0. The highest BCUT2D eigenvalue weighted by Crippen LogP contribution is 2.46. The van der Waals surface area contributed by atoms with Gasteiger partial charge in [-0.3, -0.25) is 4.90 Å². The zero-order valence-corrected chi connectivity index (χ0v) is 21.2. The van der Waals surface area contributed by atoms with Gasteiger partial charge in [0.2, 0.25) is 5.95 Å². The molecule has 3 heterocycles. The largest absolute Gasteiger partial charge is 0.285 e. The smallest absolute Gasteiger partial charge is 0.235 e. The van der Waals surface area contributed by atoms with E-state index < -0.39 is 0 Å². The highest BCUT2D eigenvalue weighted by Gasteiger charge is 2.23. The molecule has 2 aromatic heterocycles. The van der Waals surface area contributed by atoms with E-state index >= 15 is 0 Å². The third-order valence-electron chi connectivity index (χ3n) is 7.24. The van der Waals surface area contributed by atoms with E-state index in [9.17, 15) is 0 Å². The molecule has 3 nitrogen and oxygen atoms in total. The van der Waals surface area contributed by atoms with Gasteiger partial charge < -0.3 is 0 Å². The lowest BCUT2D eigenvalue weighted by molar-refractivity contribution is 1.09. The molecule has 38 heavy (non-hydrogen) atoms. The van der Waals surface area contributed by atoms with Crippen molar-refractivity contribution in [1.82, 2.24) is 9.97 Å². The van der Waals surface area contributed by atoms with Crippen LogP contribution in [0.5, 0.6) is 0 Å². The number of hydrogen-bond acceptors (Lipinski definition) is 4. The van der Waals surface area contributed by atoms with E-state index in [2.05, 4.69) is 96.0 Å². The Morgan fingerprint density at radius 3 is 2.00 bits per heavy atom. The molecule has 0 atom stereocenters. The number of anilines is 2. The van der Waals surface area contributed by atoms with Crippen LogP contribution >= 0.6 is 11.3 Å². The first-order valence-corrected chi connectivity index (χ1v) is 13.5. The Morgan fingerprint density at radius 2 is 1.26 bits per heavy atom. The van der Waals surface area contributed by atoms with Crippen LogP contribution in [0.4, 0.5) is 11.6 Å². The lowest BCUT2D eigenvalue weighted by Crippen LogP contribution is -2.15. The lowest BCUT2D eigenvalue weighted by atomic mass is 9.95. The van der Waals surface area contributed by atoms with E-state index in [0.717, 1.165) is 28.2 Å². The predicted octanol–water partition coefficient (Wildman–Crippen LogP) is 9.45. The van der Waals surface area contributed by atoms with Crippen molar-refractivity contribution < 1.29 is 0 Å². The molecule has 0 N–H and O–H groups in total. The van der Waals surface area contributed by atoms with E-state index in [0.29, 0.717) is 5.95 Å². The number of nitrogens with zero attached hydrogens (tertiary/aromatic N) is 3. The summed E-state index contributed by atoms with van der Waals surface area (Å²) >= 11 is 1.86. The minimum Gasteiger partial charge on any atom is -0.285 e. The summed E-state index contributed by atoms with van der Waals surface area (Å²) in [7, 11) is 0. The molecule has 0 radical (unpaired) electrons. The third kappa shape index (κ3) is 3.28. The fourth-order valence-electron chi connectivity index (χ4n) is 5.51. The molecule has 4 heteroatoms. The monoisotopic (exact) mass is 503 g/mol. The Morgan fingerprint density at radius 1 is 0.579 bits per heavy atom. The fourth-order valence-corrected chi connectivity index (χ4v) is 6.68. The average Bonchev–Trinajstić information content (AvgIpc) is 3.36. The second-order valence-electron chi connectivity index (χ2n) is 9.49. The van der Waals surface area contributed by atoms with Crippen molar-refractivity contribution in [2.45, 2.75) is 0 Å². The van der Waals surface area contributed by atoms with Crippen LogP contribution in [0.1, 0.15) is 5.56 Å². The summed E-state index contributed by atoms with van der Waals surface area (Å²) in [6, 6.07) is 40.3. The summed E-state index contributed by atoms with van der Waals surface area (Å²) in [4.78, 5) is 12.3. The number of fused-ring (bicyclic) bond motifs is 4. The van der Waals surface area contributed by atoms with Gasteiger partial charge in [0, 0.05) is 42.9 Å². The van der Waals surface area contributed by atoms with Crippen LogP contribution in [0.2, 0.25) is 0 Å². The van der Waals surface area contributed by atoms with Crippen molar-refractivity contribution in [3.05, 3.63) is 127 Å². The molecular weight excluding hydrogens is 482 g/mol. The van der Waals surface area contributed by atoms with E-state index in [-0.39, 0.29) is 0 Å². The Balaban J connectivity index is 1.38. The maximum atomic E-state index is 5.08. The molecule has 0 saturated carbocycles. The van der Waals surface area contributed by atoms with Gasteiger partial charge in [0.15, 0.2) is 0 Å². The highest BCUT2D eigenvalue weighted by molar-refractivity contribution is 7.26. The van der Waals surface area contributed by atoms with Crippen molar-refractivity contribution in [3.8, 4) is 22.5 Å². The maximum absolute atomic E-state index is 5.08. The molecule has 1 aliphatic rings. The normalized spacial score (nSPS) is 12.6. The van der Waals surface area contributed by atoms with Crippen molar-refractivity contribution >= 4 is 60.0 Å². The summed E-state index contributed by atoms with van der Waals surface area (Å²) in [5.41, 5.74) is 6.31. The van der Waals surface area contributed by atoms with Crippen molar-refractivity contribution in [2.75, 3.05) is 4.90 Å². The standard InChI is InChI=1S/C34H21N3S/c1-3-10-22(11-4-1)27-21-28(23-12-5-2-6-13-23)36-34(35-27)37-19-18-26-32-24(14-9-16-29(32)37)20-31-33(26)25-15-7-8-17-30(25)38-31/h1-21H. The molecule has 178 valence electrons. The molecule has 0 fully saturated rings. The van der Waals surface area contributed by atoms with Crippen LogP contribution in [0, 0.1) is 0 Å². The number of aromatic nitrogens is 2. The molecule has 7 aromatic rings. The second kappa shape index (κ2) is 8.37. The first-order valence-electron chi connectivity index (χ1n) is 12.7. The molecule has 0 saturated heterocycles. The molecule has 0 amide bonds. The lowest BCUT2D eigenvalue weighted by Gasteiger charge is -2.26. The molecular formula is C34H21N3S. The molecule has 0 bridgehead atoms. The van der Waals surface area contributed by atoms with Crippen LogP contribution in [-0.2, 0) is 0 Å².